The largest absolute Gasteiger partial charge is 0.370 e. The molecule has 70 valence electrons. The molecule has 2 heterocycles. The lowest BCUT2D eigenvalue weighted by Crippen LogP contribution is -2.18. The van der Waals surface area contributed by atoms with E-state index in [0.29, 0.717) is 12.6 Å². The lowest BCUT2D eigenvalue weighted by atomic mass is 9.93. The molecule has 0 saturated heterocycles. The summed E-state index contributed by atoms with van der Waals surface area (Å²) in [5, 5.41) is 4.56. The van der Waals surface area contributed by atoms with Gasteiger partial charge in [-0.1, -0.05) is 0 Å². The van der Waals surface area contributed by atoms with Crippen molar-refractivity contribution in [1.82, 2.24) is 9.78 Å². The molecule has 0 spiro atoms. The van der Waals surface area contributed by atoms with Gasteiger partial charge < -0.3 is 4.74 Å². The van der Waals surface area contributed by atoms with Gasteiger partial charge in [-0.25, -0.2) is 0 Å². The van der Waals surface area contributed by atoms with Crippen molar-refractivity contribution in [2.45, 2.75) is 38.5 Å². The Morgan fingerprint density at radius 1 is 1.38 bits per heavy atom. The topological polar surface area (TPSA) is 27.1 Å². The van der Waals surface area contributed by atoms with Crippen LogP contribution in [0.4, 0.5) is 0 Å². The Morgan fingerprint density at radius 3 is 2.85 bits per heavy atom. The molecule has 13 heavy (non-hydrogen) atoms. The van der Waals surface area contributed by atoms with E-state index in [2.05, 4.69) is 25.7 Å². The van der Waals surface area contributed by atoms with Crippen LogP contribution >= 0.6 is 15.9 Å². The van der Waals surface area contributed by atoms with Gasteiger partial charge >= 0.3 is 0 Å². The molecule has 1 aromatic heterocycles. The average Bonchev–Trinajstić information content (AvgIpc) is 2.54. The summed E-state index contributed by atoms with van der Waals surface area (Å²) in [7, 11) is 0. The number of ether oxygens (including phenoxy) is 1. The van der Waals surface area contributed by atoms with Crippen LogP contribution in [0.2, 0.25) is 0 Å². The molecule has 1 aliphatic carbocycles. The van der Waals surface area contributed by atoms with Crippen LogP contribution < -0.4 is 0 Å². The minimum absolute atomic E-state index is 0.639. The molecule has 1 aliphatic heterocycles. The van der Waals surface area contributed by atoms with Gasteiger partial charge in [0.2, 0.25) is 0 Å². The summed E-state index contributed by atoms with van der Waals surface area (Å²) in [6.45, 7) is 1.41. The van der Waals surface area contributed by atoms with Gasteiger partial charge in [-0.3, -0.25) is 4.68 Å². The van der Waals surface area contributed by atoms with Crippen LogP contribution in [0.15, 0.2) is 4.60 Å². The van der Waals surface area contributed by atoms with E-state index in [9.17, 15) is 0 Å². The minimum Gasteiger partial charge on any atom is -0.370 e. The van der Waals surface area contributed by atoms with Gasteiger partial charge in [0.1, 0.15) is 4.60 Å². The maximum atomic E-state index is 5.32. The molecular weight excluding hydrogens is 232 g/mol. The maximum Gasteiger partial charge on any atom is 0.110 e. The molecule has 0 atom stereocenters. The summed E-state index contributed by atoms with van der Waals surface area (Å²) in [6, 6.07) is 0.639. The summed E-state index contributed by atoms with van der Waals surface area (Å²) < 4.78 is 8.60. The molecule has 3 rings (SSSR count). The second-order valence-corrected chi connectivity index (χ2v) is 4.49. The van der Waals surface area contributed by atoms with E-state index in [1.54, 1.807) is 0 Å². The molecule has 3 nitrogen and oxygen atoms in total. The fourth-order valence-corrected chi connectivity index (χ4v) is 2.59. The first-order valence-electron chi connectivity index (χ1n) is 4.70. The number of aromatic nitrogens is 2. The highest BCUT2D eigenvalue weighted by Gasteiger charge is 2.27. The van der Waals surface area contributed by atoms with Crippen molar-refractivity contribution in [2.75, 3.05) is 0 Å². The molecular formula is C9H11BrN2O. The summed E-state index contributed by atoms with van der Waals surface area (Å²) in [5.74, 6) is 0. The van der Waals surface area contributed by atoms with Crippen LogP contribution in [0.1, 0.15) is 36.6 Å². The predicted octanol–water partition coefficient (Wildman–Crippen LogP) is 2.40. The first-order valence-corrected chi connectivity index (χ1v) is 5.49. The number of nitrogens with zero attached hydrogens (tertiary/aromatic N) is 2. The number of fused-ring (bicyclic) bond motifs is 1. The zero-order valence-corrected chi connectivity index (χ0v) is 8.88. The molecule has 0 N–H and O–H groups in total. The fourth-order valence-electron chi connectivity index (χ4n) is 1.87. The SMILES string of the molecule is Brc1c2c(nn1C1CCC1)COC2. The van der Waals surface area contributed by atoms with Gasteiger partial charge in [-0.05, 0) is 35.2 Å². The first-order chi connectivity index (χ1) is 6.36. The summed E-state index contributed by atoms with van der Waals surface area (Å²) >= 11 is 3.60. The van der Waals surface area contributed by atoms with Gasteiger partial charge in [0, 0.05) is 5.56 Å². The average molecular weight is 243 g/mol. The molecule has 0 aromatic carbocycles. The standard InChI is InChI=1S/C9H11BrN2O/c10-9-7-4-13-5-8(7)11-12(9)6-2-1-3-6/h6H,1-5H2. The van der Waals surface area contributed by atoms with E-state index < -0.39 is 0 Å². The zero-order valence-electron chi connectivity index (χ0n) is 7.29. The van der Waals surface area contributed by atoms with Gasteiger partial charge in [0.05, 0.1) is 24.9 Å². The Labute approximate surface area is 85.2 Å². The third kappa shape index (κ3) is 1.08. The molecule has 1 aromatic rings. The summed E-state index contributed by atoms with van der Waals surface area (Å²) in [4.78, 5) is 0. The Morgan fingerprint density at radius 2 is 2.23 bits per heavy atom. The summed E-state index contributed by atoms with van der Waals surface area (Å²) in [5.41, 5.74) is 2.38. The molecule has 0 unspecified atom stereocenters. The van der Waals surface area contributed by atoms with Crippen LogP contribution in [-0.4, -0.2) is 9.78 Å². The van der Waals surface area contributed by atoms with Crippen molar-refractivity contribution in [3.05, 3.63) is 15.9 Å². The quantitative estimate of drug-likeness (QED) is 0.757. The maximum absolute atomic E-state index is 5.32. The molecule has 0 radical (unpaired) electrons. The normalized spacial score (nSPS) is 21.6. The van der Waals surface area contributed by atoms with Crippen LogP contribution in [-0.2, 0) is 18.0 Å². The lowest BCUT2D eigenvalue weighted by Gasteiger charge is -2.26. The number of rotatable bonds is 1. The third-order valence-corrected chi connectivity index (χ3v) is 3.77. The number of hydrogen-bond acceptors (Lipinski definition) is 2. The Balaban J connectivity index is 2.01. The molecule has 4 heteroatoms. The van der Waals surface area contributed by atoms with Gasteiger partial charge in [-0.15, -0.1) is 0 Å². The highest BCUT2D eigenvalue weighted by molar-refractivity contribution is 9.10. The van der Waals surface area contributed by atoms with E-state index in [-0.39, 0.29) is 0 Å². The highest BCUT2D eigenvalue weighted by Crippen LogP contribution is 2.37. The number of halogens is 1. The molecule has 1 fully saturated rings. The Kier molecular flexibility index (Phi) is 1.73. The molecule has 2 aliphatic rings. The van der Waals surface area contributed by atoms with E-state index in [0.717, 1.165) is 16.9 Å². The van der Waals surface area contributed by atoms with Crippen molar-refractivity contribution in [3.8, 4) is 0 Å². The second-order valence-electron chi connectivity index (χ2n) is 3.74. The molecule has 1 saturated carbocycles. The molecule has 0 bridgehead atoms. The van der Waals surface area contributed by atoms with Crippen molar-refractivity contribution >= 4 is 15.9 Å². The van der Waals surface area contributed by atoms with Crippen molar-refractivity contribution in [3.63, 3.8) is 0 Å². The number of hydrogen-bond donors (Lipinski definition) is 0. The van der Waals surface area contributed by atoms with Gasteiger partial charge in [-0.2, -0.15) is 5.10 Å². The minimum atomic E-state index is 0.639. The fraction of sp³-hybridized carbons (Fsp3) is 0.667. The van der Waals surface area contributed by atoms with Crippen LogP contribution in [0, 0.1) is 0 Å². The highest BCUT2D eigenvalue weighted by atomic mass is 79.9. The van der Waals surface area contributed by atoms with E-state index in [1.165, 1.54) is 24.8 Å². The first kappa shape index (κ1) is 8.00. The van der Waals surface area contributed by atoms with E-state index in [4.69, 9.17) is 4.74 Å². The van der Waals surface area contributed by atoms with Crippen LogP contribution in [0.25, 0.3) is 0 Å². The van der Waals surface area contributed by atoms with Gasteiger partial charge in [0.15, 0.2) is 0 Å². The van der Waals surface area contributed by atoms with Crippen molar-refractivity contribution in [1.29, 1.82) is 0 Å². The van der Waals surface area contributed by atoms with Crippen molar-refractivity contribution in [2.24, 2.45) is 0 Å². The molecule has 0 amide bonds. The second kappa shape index (κ2) is 2.82. The van der Waals surface area contributed by atoms with Crippen molar-refractivity contribution < 1.29 is 4.74 Å². The zero-order chi connectivity index (χ0) is 8.84. The van der Waals surface area contributed by atoms with E-state index >= 15 is 0 Å². The van der Waals surface area contributed by atoms with Crippen LogP contribution in [0.3, 0.4) is 0 Å². The predicted molar refractivity (Wildman–Crippen MR) is 51.3 cm³/mol. The smallest absolute Gasteiger partial charge is 0.110 e. The van der Waals surface area contributed by atoms with Gasteiger partial charge in [0.25, 0.3) is 0 Å². The summed E-state index contributed by atoms with van der Waals surface area (Å²) in [6.07, 6.45) is 3.90. The Bertz CT molecular complexity index is 344. The van der Waals surface area contributed by atoms with E-state index in [1.807, 2.05) is 0 Å². The van der Waals surface area contributed by atoms with Crippen LogP contribution in [0.5, 0.6) is 0 Å². The third-order valence-electron chi connectivity index (χ3n) is 2.93. The lowest BCUT2D eigenvalue weighted by molar-refractivity contribution is 0.128. The monoisotopic (exact) mass is 242 g/mol. The Hall–Kier alpha value is -0.350.